The lowest BCUT2D eigenvalue weighted by Crippen LogP contribution is -2.35. The predicted octanol–water partition coefficient (Wildman–Crippen LogP) is 2.13. The average molecular weight is 356 g/mol. The maximum atomic E-state index is 11.8. The number of aryl methyl sites for hydroxylation is 1. The van der Waals surface area contributed by atoms with Crippen LogP contribution in [0.3, 0.4) is 0 Å². The lowest BCUT2D eigenvalue weighted by atomic mass is 10.3. The first-order chi connectivity index (χ1) is 10.9. The van der Waals surface area contributed by atoms with Gasteiger partial charge in [-0.1, -0.05) is 23.2 Å². The zero-order chi connectivity index (χ0) is 17.0. The highest BCUT2D eigenvalue weighted by Gasteiger charge is 2.18. The van der Waals surface area contributed by atoms with E-state index in [1.807, 2.05) is 0 Å². The van der Waals surface area contributed by atoms with Gasteiger partial charge < -0.3 is 15.3 Å². The molecule has 9 heteroatoms. The van der Waals surface area contributed by atoms with E-state index in [0.717, 1.165) is 6.20 Å². The summed E-state index contributed by atoms with van der Waals surface area (Å²) in [5.41, 5.74) is 0.263. The molecule has 1 amide bonds. The van der Waals surface area contributed by atoms with Gasteiger partial charge in [-0.15, -0.1) is 0 Å². The number of aromatic nitrogens is 2. The first kappa shape index (κ1) is 17.0. The van der Waals surface area contributed by atoms with Gasteiger partial charge in [-0.05, 0) is 19.1 Å². The van der Waals surface area contributed by atoms with Crippen molar-refractivity contribution in [3.05, 3.63) is 57.1 Å². The fraction of sp³-hybridized carbons (Fsp3) is 0.143. The number of rotatable bonds is 4. The van der Waals surface area contributed by atoms with E-state index in [9.17, 15) is 14.8 Å². The molecule has 0 atom stereocenters. The molecule has 0 fully saturated rings. The summed E-state index contributed by atoms with van der Waals surface area (Å²) in [5, 5.41) is 14.3. The van der Waals surface area contributed by atoms with Crippen LogP contribution in [0, 0.1) is 12.1 Å². The van der Waals surface area contributed by atoms with E-state index in [0.29, 0.717) is 15.4 Å². The smallest absolute Gasteiger partial charge is 0.405 e. The summed E-state index contributed by atoms with van der Waals surface area (Å²) in [6.45, 7) is 1.06. The van der Waals surface area contributed by atoms with Crippen LogP contribution < -0.4 is 10.0 Å². The lowest BCUT2D eigenvalue weighted by Gasteiger charge is -2.09. The molecule has 2 heterocycles. The van der Waals surface area contributed by atoms with Crippen LogP contribution in [0.4, 0.5) is 5.82 Å². The number of carbonyl (C=O) groups is 2. The Hall–Kier alpha value is -2.38. The Labute approximate surface area is 141 Å². The molecule has 1 N–H and O–H groups in total. The second-order valence-electron chi connectivity index (χ2n) is 4.42. The van der Waals surface area contributed by atoms with Gasteiger partial charge in [0.1, 0.15) is 0 Å². The van der Waals surface area contributed by atoms with Gasteiger partial charge in [0.2, 0.25) is 0 Å². The van der Waals surface area contributed by atoms with E-state index in [-0.39, 0.29) is 16.5 Å². The molecule has 0 saturated heterocycles. The minimum atomic E-state index is -0.915. The number of hydrogen-bond acceptors (Lipinski definition) is 5. The molecule has 2 aromatic rings. The molecule has 7 nitrogen and oxygen atoms in total. The van der Waals surface area contributed by atoms with Gasteiger partial charge in [-0.2, -0.15) is 4.73 Å². The molecule has 0 aliphatic heterocycles. The second kappa shape index (κ2) is 7.26. The summed E-state index contributed by atoms with van der Waals surface area (Å²) in [7, 11) is 0. The van der Waals surface area contributed by atoms with Crippen molar-refractivity contribution >= 4 is 40.9 Å². The standard InChI is InChI=1S/C14H11Cl2N3O4/c1-8-9(15)6-10(16)13(17-8)18-12(20)7-23-14(21)11-4-2-3-5-19(11)22/h2-6H,7H2,1H3,(H,17,18,20). The topological polar surface area (TPSA) is 95.2 Å². The van der Waals surface area contributed by atoms with Crippen LogP contribution in [0.2, 0.25) is 10.0 Å². The van der Waals surface area contributed by atoms with Crippen LogP contribution in [0.5, 0.6) is 0 Å². The molecule has 0 aliphatic rings. The molecule has 2 aromatic heterocycles. The number of halogens is 2. The first-order valence-corrected chi connectivity index (χ1v) is 7.12. The first-order valence-electron chi connectivity index (χ1n) is 6.36. The molecule has 2 rings (SSSR count). The van der Waals surface area contributed by atoms with Crippen molar-refractivity contribution in [2.45, 2.75) is 6.92 Å². The third kappa shape index (κ3) is 4.30. The van der Waals surface area contributed by atoms with Crippen molar-refractivity contribution < 1.29 is 19.1 Å². The molecule has 0 aliphatic carbocycles. The lowest BCUT2D eigenvalue weighted by molar-refractivity contribution is -0.608. The van der Waals surface area contributed by atoms with Gasteiger partial charge in [0, 0.05) is 12.1 Å². The van der Waals surface area contributed by atoms with E-state index in [2.05, 4.69) is 10.3 Å². The summed E-state index contributed by atoms with van der Waals surface area (Å²) >= 11 is 11.8. The fourth-order valence-electron chi connectivity index (χ4n) is 1.61. The molecule has 0 unspecified atom stereocenters. The van der Waals surface area contributed by atoms with Crippen LogP contribution in [-0.4, -0.2) is 23.5 Å². The maximum Gasteiger partial charge on any atom is 0.405 e. The molecule has 0 radical (unpaired) electrons. The van der Waals surface area contributed by atoms with Crippen LogP contribution in [0.15, 0.2) is 30.5 Å². The van der Waals surface area contributed by atoms with Crippen molar-refractivity contribution in [3.63, 3.8) is 0 Å². The van der Waals surface area contributed by atoms with Crippen LogP contribution in [-0.2, 0) is 9.53 Å². The monoisotopic (exact) mass is 355 g/mol. The molecule has 0 saturated carbocycles. The van der Waals surface area contributed by atoms with Gasteiger partial charge in [0.05, 0.1) is 15.7 Å². The van der Waals surface area contributed by atoms with E-state index < -0.39 is 18.5 Å². The van der Waals surface area contributed by atoms with Crippen LogP contribution in [0.25, 0.3) is 0 Å². The fourth-order valence-corrected chi connectivity index (χ4v) is 2.01. The number of nitrogens with zero attached hydrogens (tertiary/aromatic N) is 2. The third-order valence-electron chi connectivity index (χ3n) is 2.73. The van der Waals surface area contributed by atoms with E-state index >= 15 is 0 Å². The summed E-state index contributed by atoms with van der Waals surface area (Å²) < 4.78 is 5.12. The van der Waals surface area contributed by atoms with Crippen molar-refractivity contribution in [1.29, 1.82) is 0 Å². The van der Waals surface area contributed by atoms with Crippen LogP contribution >= 0.6 is 23.2 Å². The Kier molecular flexibility index (Phi) is 5.36. The SMILES string of the molecule is Cc1nc(NC(=O)COC(=O)c2cccc[n+]2[O-])c(Cl)cc1Cl. The third-order valence-corrected chi connectivity index (χ3v) is 3.40. The zero-order valence-electron chi connectivity index (χ0n) is 11.9. The molecule has 120 valence electrons. The van der Waals surface area contributed by atoms with Gasteiger partial charge in [0.15, 0.2) is 18.6 Å². The van der Waals surface area contributed by atoms with Gasteiger partial charge in [0.25, 0.3) is 5.91 Å². The number of ether oxygens (including phenoxy) is 1. The highest BCUT2D eigenvalue weighted by atomic mass is 35.5. The Morgan fingerprint density at radius 3 is 2.78 bits per heavy atom. The maximum absolute atomic E-state index is 11.8. The number of anilines is 1. The predicted molar refractivity (Wildman–Crippen MR) is 83.3 cm³/mol. The zero-order valence-corrected chi connectivity index (χ0v) is 13.4. The molecule has 0 spiro atoms. The van der Waals surface area contributed by atoms with Crippen molar-refractivity contribution in [1.82, 2.24) is 4.98 Å². The molecule has 23 heavy (non-hydrogen) atoms. The van der Waals surface area contributed by atoms with Gasteiger partial charge in [-0.25, -0.2) is 9.78 Å². The average Bonchev–Trinajstić information content (AvgIpc) is 2.51. The quantitative estimate of drug-likeness (QED) is 0.514. The Balaban J connectivity index is 1.97. The van der Waals surface area contributed by atoms with E-state index in [1.165, 1.54) is 24.3 Å². The number of amides is 1. The Morgan fingerprint density at radius 1 is 1.35 bits per heavy atom. The highest BCUT2D eigenvalue weighted by molar-refractivity contribution is 6.36. The number of esters is 1. The largest absolute Gasteiger partial charge is 0.618 e. The number of nitrogens with one attached hydrogen (secondary N) is 1. The highest BCUT2D eigenvalue weighted by Crippen LogP contribution is 2.25. The second-order valence-corrected chi connectivity index (χ2v) is 5.24. The number of hydrogen-bond donors (Lipinski definition) is 1. The minimum Gasteiger partial charge on any atom is -0.618 e. The van der Waals surface area contributed by atoms with E-state index in [1.54, 1.807) is 6.92 Å². The van der Waals surface area contributed by atoms with Crippen molar-refractivity contribution in [2.24, 2.45) is 0 Å². The summed E-state index contributed by atoms with van der Waals surface area (Å²) in [6, 6.07) is 5.70. The minimum absolute atomic E-state index is 0.105. The molecule has 0 aromatic carbocycles. The van der Waals surface area contributed by atoms with Gasteiger partial charge in [-0.3, -0.25) is 4.79 Å². The summed E-state index contributed by atoms with van der Waals surface area (Å²) in [5.74, 6) is -1.46. The molecule has 0 bridgehead atoms. The summed E-state index contributed by atoms with van der Waals surface area (Å²) in [4.78, 5) is 27.5. The van der Waals surface area contributed by atoms with Crippen molar-refractivity contribution in [2.75, 3.05) is 11.9 Å². The van der Waals surface area contributed by atoms with E-state index in [4.69, 9.17) is 27.9 Å². The van der Waals surface area contributed by atoms with Crippen molar-refractivity contribution in [3.8, 4) is 0 Å². The molecular formula is C14H11Cl2N3O4. The normalized spacial score (nSPS) is 10.2. The Morgan fingerprint density at radius 2 is 2.09 bits per heavy atom. The number of carbonyl (C=O) groups excluding carboxylic acids is 2. The molecular weight excluding hydrogens is 345 g/mol. The van der Waals surface area contributed by atoms with Gasteiger partial charge >= 0.3 is 11.7 Å². The Bertz CT molecular complexity index is 768. The van der Waals surface area contributed by atoms with Crippen LogP contribution in [0.1, 0.15) is 16.2 Å². The number of pyridine rings is 2. The summed E-state index contributed by atoms with van der Waals surface area (Å²) in [6.07, 6.45) is 1.15.